The number of primary amides is 1. The Hall–Kier alpha value is -5.12. The summed E-state index contributed by atoms with van der Waals surface area (Å²) in [6, 6.07) is 8.06. The molecule has 3 aliphatic carbocycles. The van der Waals surface area contributed by atoms with Gasteiger partial charge in [-0.05, 0) is 31.6 Å². The number of aliphatic hydroxyl groups excluding tert-OH is 3. The van der Waals surface area contributed by atoms with Gasteiger partial charge in [-0.3, -0.25) is 29.4 Å². The first-order valence-electron chi connectivity index (χ1n) is 14.2. The molecule has 238 valence electrons. The lowest BCUT2D eigenvalue weighted by Crippen LogP contribution is -2.61. The molecule has 3 aliphatic rings. The van der Waals surface area contributed by atoms with Crippen LogP contribution in [0, 0.1) is 27.9 Å². The lowest BCUT2D eigenvalue weighted by Gasteiger charge is -2.50. The number of anilines is 2. The number of nitro groups is 1. The minimum absolute atomic E-state index is 0.0702. The molecule has 0 spiro atoms. The van der Waals surface area contributed by atoms with Crippen LogP contribution in [0.4, 0.5) is 16.5 Å². The van der Waals surface area contributed by atoms with E-state index in [1.54, 1.807) is 50.7 Å². The molecule has 0 saturated heterocycles. The second kappa shape index (κ2) is 11.0. The molecule has 0 radical (unpaired) electrons. The van der Waals surface area contributed by atoms with Gasteiger partial charge in [0.05, 0.1) is 39.9 Å². The quantitative estimate of drug-likeness (QED) is 0.0745. The number of fused-ring (bicyclic) bond motifs is 3. The molecule has 6 atom stereocenters. The number of benzene rings is 2. The van der Waals surface area contributed by atoms with E-state index < -0.39 is 81.1 Å². The first kappa shape index (κ1) is 30.9. The highest BCUT2D eigenvalue weighted by molar-refractivity contribution is 7.14. The van der Waals surface area contributed by atoms with Crippen LogP contribution in [0.5, 0.6) is 5.75 Å². The van der Waals surface area contributed by atoms with Crippen molar-refractivity contribution in [2.24, 2.45) is 23.5 Å². The van der Waals surface area contributed by atoms with Gasteiger partial charge in [-0.1, -0.05) is 25.1 Å². The Balaban J connectivity index is 1.40. The molecule has 7 N–H and O–H groups in total. The predicted molar refractivity (Wildman–Crippen MR) is 166 cm³/mol. The number of thiazole rings is 1. The van der Waals surface area contributed by atoms with Crippen LogP contribution in [0.3, 0.4) is 0 Å². The summed E-state index contributed by atoms with van der Waals surface area (Å²) in [6.07, 6.45) is -1.42. The third-order valence-corrected chi connectivity index (χ3v) is 9.85. The Kier molecular flexibility index (Phi) is 7.42. The van der Waals surface area contributed by atoms with Crippen LogP contribution in [0.1, 0.15) is 24.0 Å². The maximum absolute atomic E-state index is 14.1. The third-order valence-electron chi connectivity index (χ3n) is 9.09. The summed E-state index contributed by atoms with van der Waals surface area (Å²) in [5.41, 5.74) is 5.77. The third kappa shape index (κ3) is 4.54. The highest BCUT2D eigenvalue weighted by Crippen LogP contribution is 2.55. The number of carbonyl (C=O) groups excluding carboxylic acids is 3. The van der Waals surface area contributed by atoms with Crippen LogP contribution in [-0.4, -0.2) is 78.9 Å². The van der Waals surface area contributed by atoms with E-state index in [9.17, 15) is 44.9 Å². The van der Waals surface area contributed by atoms with Gasteiger partial charge < -0.3 is 31.5 Å². The van der Waals surface area contributed by atoms with Crippen molar-refractivity contribution in [2.75, 3.05) is 19.4 Å². The number of phenolic OH excluding ortho intramolecular Hbond substituents is 1. The summed E-state index contributed by atoms with van der Waals surface area (Å²) < 4.78 is 0. The number of nitrogens with two attached hydrogens (primary N) is 1. The van der Waals surface area contributed by atoms with Crippen molar-refractivity contribution >= 4 is 51.1 Å². The highest BCUT2D eigenvalue weighted by Gasteiger charge is 2.60. The van der Waals surface area contributed by atoms with Crippen LogP contribution >= 0.6 is 11.3 Å². The molecule has 0 bridgehead atoms. The molecule has 15 heteroatoms. The van der Waals surface area contributed by atoms with Gasteiger partial charge in [0.2, 0.25) is 0 Å². The Morgan fingerprint density at radius 2 is 1.85 bits per heavy atom. The molecule has 46 heavy (non-hydrogen) atoms. The average Bonchev–Trinajstić information content (AvgIpc) is 3.46. The number of likely N-dealkylation sites (N-methyl/N-ethyl adjacent to an activating group) is 1. The normalized spacial score (nSPS) is 25.7. The van der Waals surface area contributed by atoms with Gasteiger partial charge in [-0.25, -0.2) is 4.98 Å². The maximum atomic E-state index is 14.1. The van der Waals surface area contributed by atoms with Crippen molar-refractivity contribution in [1.29, 1.82) is 0 Å². The monoisotopic (exact) mass is 647 g/mol. The Morgan fingerprint density at radius 1 is 1.13 bits per heavy atom. The highest BCUT2D eigenvalue weighted by atomic mass is 32.1. The second-order valence-corrected chi connectivity index (χ2v) is 12.6. The lowest BCUT2D eigenvalue weighted by molar-refractivity contribution is -0.384. The van der Waals surface area contributed by atoms with E-state index in [1.165, 1.54) is 28.4 Å². The minimum atomic E-state index is -1.62. The molecule has 1 aromatic heterocycles. The van der Waals surface area contributed by atoms with Crippen LogP contribution < -0.4 is 11.1 Å². The van der Waals surface area contributed by atoms with Gasteiger partial charge in [0.25, 0.3) is 11.6 Å². The van der Waals surface area contributed by atoms with E-state index in [4.69, 9.17) is 5.73 Å². The van der Waals surface area contributed by atoms with Gasteiger partial charge in [-0.15, -0.1) is 11.3 Å². The van der Waals surface area contributed by atoms with E-state index in [2.05, 4.69) is 10.3 Å². The van der Waals surface area contributed by atoms with Crippen LogP contribution in [-0.2, 0) is 14.4 Å². The Bertz CT molecular complexity index is 1920. The number of amides is 1. The van der Waals surface area contributed by atoms with E-state index in [-0.39, 0.29) is 22.5 Å². The summed E-state index contributed by atoms with van der Waals surface area (Å²) in [6.45, 7) is 1.71. The number of non-ortho nitro benzene ring substituents is 1. The van der Waals surface area contributed by atoms with Crippen molar-refractivity contribution in [3.05, 3.63) is 79.9 Å². The number of hydrogen-bond acceptors (Lipinski definition) is 13. The van der Waals surface area contributed by atoms with E-state index in [0.717, 1.165) is 0 Å². The fourth-order valence-electron chi connectivity index (χ4n) is 7.07. The van der Waals surface area contributed by atoms with Crippen molar-refractivity contribution in [3.63, 3.8) is 0 Å². The number of phenols is 1. The number of nitrogens with zero attached hydrogens (tertiary/aromatic N) is 3. The van der Waals surface area contributed by atoms with Crippen molar-refractivity contribution in [2.45, 2.75) is 25.0 Å². The van der Waals surface area contributed by atoms with E-state index >= 15 is 0 Å². The maximum Gasteiger partial charge on any atom is 0.270 e. The number of aliphatic hydroxyl groups is 3. The molecule has 4 unspecified atom stereocenters. The van der Waals surface area contributed by atoms with Gasteiger partial charge in [0.15, 0.2) is 16.7 Å². The van der Waals surface area contributed by atoms with Gasteiger partial charge >= 0.3 is 0 Å². The number of ketones is 2. The first-order valence-corrected chi connectivity index (χ1v) is 15.0. The zero-order valence-corrected chi connectivity index (χ0v) is 25.5. The second-order valence-electron chi connectivity index (χ2n) is 11.8. The average molecular weight is 648 g/mol. The molecule has 0 aliphatic heterocycles. The predicted octanol–water partition coefficient (Wildman–Crippen LogP) is 3.16. The number of Topliss-reactive ketones (excluding diaryl/α,β-unsaturated/α-hetero) is 2. The fraction of sp³-hybridized carbons (Fsp3) is 0.290. The van der Waals surface area contributed by atoms with E-state index in [1.807, 2.05) is 0 Å². The molecule has 1 heterocycles. The van der Waals surface area contributed by atoms with E-state index in [0.29, 0.717) is 22.0 Å². The summed E-state index contributed by atoms with van der Waals surface area (Å²) >= 11 is 1.17. The molecule has 2 aromatic carbocycles. The van der Waals surface area contributed by atoms with Gasteiger partial charge in [0, 0.05) is 40.5 Å². The SMILES string of the molecule is C[C@H]1c2ccc(Nc3nc(-c4cccc([N+](=O)[O-])c4)cs3)c(O)c2C(O)=C2C(=O)C3C(=O)C(C(N)=O)=C(O)[C@@H](N(C)C)C3C(O)C21. The topological polar surface area (TPSA) is 229 Å². The minimum Gasteiger partial charge on any atom is -0.510 e. The first-order chi connectivity index (χ1) is 21.7. The standard InChI is InChI=1S/C31H29N5O9S/c1-11-14-7-8-15(33-31-34-16(10-46-31)12-5-4-6-13(9-12)36(44)45)24(37)18(14)26(39)20-17(11)25(38)19-21(27(20)40)28(41)22(30(32)43)29(42)23(19)35(2)3/h4-11,17,19,21,23,25,37-39,42H,1-3H3,(H2,32,43)(H,33,34)/t11-,17?,19?,21?,23-,25?/m0/s1. The summed E-state index contributed by atoms with van der Waals surface area (Å²) in [5, 5.41) is 61.7. The summed E-state index contributed by atoms with van der Waals surface area (Å²) in [5.74, 6) is -9.17. The zero-order chi connectivity index (χ0) is 33.4. The van der Waals surface area contributed by atoms with Crippen LogP contribution in [0.15, 0.2) is 58.7 Å². The largest absolute Gasteiger partial charge is 0.510 e. The van der Waals surface area contributed by atoms with Crippen molar-refractivity contribution < 1.29 is 39.7 Å². The summed E-state index contributed by atoms with van der Waals surface area (Å²) in [7, 11) is 3.13. The molecule has 1 amide bonds. The molecule has 6 rings (SSSR count). The molecule has 3 aromatic rings. The van der Waals surface area contributed by atoms with Gasteiger partial charge in [-0.2, -0.15) is 0 Å². The molecule has 14 nitrogen and oxygen atoms in total. The molecule has 1 saturated carbocycles. The number of hydrogen-bond donors (Lipinski definition) is 6. The molecular formula is C31H29N5O9S. The van der Waals surface area contributed by atoms with Gasteiger partial charge in [0.1, 0.15) is 22.8 Å². The Morgan fingerprint density at radius 3 is 2.50 bits per heavy atom. The number of nitro benzene ring substituents is 1. The van der Waals surface area contributed by atoms with Crippen LogP contribution in [0.2, 0.25) is 0 Å². The number of carbonyl (C=O) groups is 3. The number of aromatic hydroxyl groups is 1. The summed E-state index contributed by atoms with van der Waals surface area (Å²) in [4.78, 5) is 56.3. The Labute approximate surface area is 265 Å². The molecule has 1 fully saturated rings. The van der Waals surface area contributed by atoms with Crippen molar-refractivity contribution in [3.8, 4) is 17.0 Å². The smallest absolute Gasteiger partial charge is 0.270 e. The fourth-order valence-corrected chi connectivity index (χ4v) is 7.80. The zero-order valence-electron chi connectivity index (χ0n) is 24.7. The number of aromatic nitrogens is 1. The van der Waals surface area contributed by atoms with Crippen LogP contribution in [0.25, 0.3) is 17.0 Å². The lowest BCUT2D eigenvalue weighted by atomic mass is 9.56. The van der Waals surface area contributed by atoms with Crippen molar-refractivity contribution in [1.82, 2.24) is 9.88 Å². The molecular weight excluding hydrogens is 618 g/mol. The number of rotatable bonds is 6. The number of nitrogens with one attached hydrogen (secondary N) is 1.